The zero-order valence-corrected chi connectivity index (χ0v) is 19.5. The zero-order chi connectivity index (χ0) is 24.4. The molecule has 176 valence electrons. The first kappa shape index (κ1) is 23.5. The lowest BCUT2D eigenvalue weighted by Gasteiger charge is -2.35. The summed E-state index contributed by atoms with van der Waals surface area (Å²) in [6, 6.07) is 12.7. The summed E-state index contributed by atoms with van der Waals surface area (Å²) < 4.78 is 0. The quantitative estimate of drug-likeness (QED) is 0.562. The molecular formula is C25H26ClN5O3. The number of amides is 3. The first-order valence-electron chi connectivity index (χ1n) is 11.0. The fourth-order valence-corrected chi connectivity index (χ4v) is 4.78. The molecule has 3 aromatic rings. The van der Waals surface area contributed by atoms with Crippen LogP contribution < -0.4 is 11.5 Å². The molecule has 0 bridgehead atoms. The van der Waals surface area contributed by atoms with Crippen molar-refractivity contribution in [2.24, 2.45) is 5.73 Å². The van der Waals surface area contributed by atoms with Crippen molar-refractivity contribution in [2.45, 2.75) is 38.4 Å². The van der Waals surface area contributed by atoms with E-state index in [9.17, 15) is 14.4 Å². The van der Waals surface area contributed by atoms with Gasteiger partial charge in [0.2, 0.25) is 11.8 Å². The van der Waals surface area contributed by atoms with Crippen LogP contribution in [0.4, 0.5) is 5.82 Å². The molecule has 3 amide bonds. The van der Waals surface area contributed by atoms with Gasteiger partial charge >= 0.3 is 0 Å². The number of nitrogen functional groups attached to an aromatic ring is 1. The minimum absolute atomic E-state index is 0.157. The molecule has 0 saturated carbocycles. The van der Waals surface area contributed by atoms with Crippen LogP contribution in [-0.4, -0.2) is 45.1 Å². The minimum Gasteiger partial charge on any atom is -0.383 e. The lowest BCUT2D eigenvalue weighted by Crippen LogP contribution is -2.49. The Bertz CT molecular complexity index is 1260. The fraction of sp³-hybridized carbons (Fsp3) is 0.280. The number of carbonyl (C=O) groups is 3. The number of carbonyl (C=O) groups excluding carboxylic acids is 3. The van der Waals surface area contributed by atoms with Crippen molar-refractivity contribution < 1.29 is 14.4 Å². The molecule has 1 aliphatic rings. The Balaban J connectivity index is 1.76. The monoisotopic (exact) mass is 479 g/mol. The molecule has 2 aromatic carbocycles. The van der Waals surface area contributed by atoms with Gasteiger partial charge in [-0.3, -0.25) is 14.4 Å². The van der Waals surface area contributed by atoms with Gasteiger partial charge in [-0.25, -0.2) is 4.98 Å². The third-order valence-electron chi connectivity index (χ3n) is 6.23. The molecule has 9 heteroatoms. The highest BCUT2D eigenvalue weighted by Crippen LogP contribution is 2.33. The van der Waals surface area contributed by atoms with Crippen LogP contribution in [0.25, 0.3) is 10.8 Å². The molecule has 0 aliphatic carbocycles. The van der Waals surface area contributed by atoms with Crippen LogP contribution in [-0.2, 0) is 20.9 Å². The first-order chi connectivity index (χ1) is 16.3. The Hall–Kier alpha value is -3.65. The van der Waals surface area contributed by atoms with Crippen molar-refractivity contribution in [1.82, 2.24) is 14.8 Å². The van der Waals surface area contributed by atoms with Gasteiger partial charge in [-0.05, 0) is 42.0 Å². The smallest absolute Gasteiger partial charge is 0.250 e. The lowest BCUT2D eigenvalue weighted by molar-refractivity contribution is -0.148. The minimum atomic E-state index is -1.01. The van der Waals surface area contributed by atoms with Crippen molar-refractivity contribution in [1.29, 1.82) is 0 Å². The van der Waals surface area contributed by atoms with Crippen molar-refractivity contribution in [3.05, 3.63) is 70.9 Å². The number of hydrogen-bond acceptors (Lipinski definition) is 5. The number of likely N-dealkylation sites (tertiary alicyclic amines) is 1. The summed E-state index contributed by atoms with van der Waals surface area (Å²) in [5.41, 5.74) is 12.8. The van der Waals surface area contributed by atoms with E-state index in [1.165, 1.54) is 16.7 Å². The SMILES string of the molecule is CC(=O)N(Cc1ccc2c(N)nccc2c1)C(C(=O)N1CCC[C@H]1C(N)=O)c1ccccc1Cl. The van der Waals surface area contributed by atoms with Crippen molar-refractivity contribution in [2.75, 3.05) is 12.3 Å². The topological polar surface area (TPSA) is 123 Å². The summed E-state index contributed by atoms with van der Waals surface area (Å²) >= 11 is 6.49. The van der Waals surface area contributed by atoms with Crippen molar-refractivity contribution in [3.8, 4) is 0 Å². The van der Waals surface area contributed by atoms with Gasteiger partial charge in [0.15, 0.2) is 0 Å². The second-order valence-corrected chi connectivity index (χ2v) is 8.82. The third-order valence-corrected chi connectivity index (χ3v) is 6.57. The van der Waals surface area contributed by atoms with Crippen LogP contribution >= 0.6 is 11.6 Å². The molecule has 1 unspecified atom stereocenters. The molecule has 1 fully saturated rings. The number of hydrogen-bond donors (Lipinski definition) is 2. The van der Waals surface area contributed by atoms with E-state index in [0.717, 1.165) is 16.3 Å². The van der Waals surface area contributed by atoms with E-state index in [4.69, 9.17) is 23.1 Å². The Labute approximate surface area is 202 Å². The number of nitrogens with zero attached hydrogens (tertiary/aromatic N) is 3. The Kier molecular flexibility index (Phi) is 6.70. The Morgan fingerprint density at radius 3 is 2.68 bits per heavy atom. The van der Waals surface area contributed by atoms with E-state index >= 15 is 0 Å². The average Bonchev–Trinajstić information content (AvgIpc) is 3.30. The van der Waals surface area contributed by atoms with Crippen LogP contribution in [0.5, 0.6) is 0 Å². The van der Waals surface area contributed by atoms with Gasteiger partial charge in [-0.15, -0.1) is 0 Å². The summed E-state index contributed by atoms with van der Waals surface area (Å²) in [4.78, 5) is 45.8. The molecule has 1 saturated heterocycles. The van der Waals surface area contributed by atoms with Crippen molar-refractivity contribution >= 4 is 45.9 Å². The highest BCUT2D eigenvalue weighted by atomic mass is 35.5. The molecule has 0 radical (unpaired) electrons. The van der Waals surface area contributed by atoms with Gasteiger partial charge in [0.05, 0.1) is 0 Å². The van der Waals surface area contributed by atoms with Crippen LogP contribution in [0.3, 0.4) is 0 Å². The highest BCUT2D eigenvalue weighted by molar-refractivity contribution is 6.31. The number of rotatable bonds is 6. The van der Waals surface area contributed by atoms with Crippen LogP contribution in [0.15, 0.2) is 54.7 Å². The zero-order valence-electron chi connectivity index (χ0n) is 18.8. The maximum Gasteiger partial charge on any atom is 0.250 e. The van der Waals surface area contributed by atoms with Gasteiger partial charge in [0.1, 0.15) is 17.9 Å². The van der Waals surface area contributed by atoms with E-state index in [1.807, 2.05) is 24.3 Å². The molecule has 2 atom stereocenters. The molecule has 0 spiro atoms. The highest BCUT2D eigenvalue weighted by Gasteiger charge is 2.40. The molecule has 1 aliphatic heterocycles. The van der Waals surface area contributed by atoms with E-state index in [0.29, 0.717) is 35.8 Å². The average molecular weight is 480 g/mol. The number of fused-ring (bicyclic) bond motifs is 1. The number of primary amides is 1. The predicted molar refractivity (Wildman–Crippen MR) is 131 cm³/mol. The second-order valence-electron chi connectivity index (χ2n) is 8.41. The molecule has 1 aromatic heterocycles. The number of anilines is 1. The van der Waals surface area contributed by atoms with E-state index in [2.05, 4.69) is 4.98 Å². The second kappa shape index (κ2) is 9.69. The Morgan fingerprint density at radius 2 is 1.97 bits per heavy atom. The summed E-state index contributed by atoms with van der Waals surface area (Å²) in [6.45, 7) is 1.96. The lowest BCUT2D eigenvalue weighted by atomic mass is 10.0. The maximum absolute atomic E-state index is 13.8. The fourth-order valence-electron chi connectivity index (χ4n) is 4.54. The predicted octanol–water partition coefficient (Wildman–Crippen LogP) is 3.04. The van der Waals surface area contributed by atoms with Gasteiger partial charge in [0.25, 0.3) is 5.91 Å². The molecule has 2 heterocycles. The van der Waals surface area contributed by atoms with Gasteiger partial charge in [-0.1, -0.05) is 41.9 Å². The first-order valence-corrected chi connectivity index (χ1v) is 11.4. The van der Waals surface area contributed by atoms with E-state index in [1.54, 1.807) is 30.5 Å². The number of halogens is 1. The molecule has 4 N–H and O–H groups in total. The Morgan fingerprint density at radius 1 is 1.21 bits per heavy atom. The maximum atomic E-state index is 13.8. The molecular weight excluding hydrogens is 454 g/mol. The summed E-state index contributed by atoms with van der Waals surface area (Å²) in [6.07, 6.45) is 2.78. The van der Waals surface area contributed by atoms with Gasteiger partial charge in [0, 0.05) is 42.2 Å². The number of benzene rings is 2. The molecule has 34 heavy (non-hydrogen) atoms. The van der Waals surface area contributed by atoms with Crippen LogP contribution in [0, 0.1) is 0 Å². The van der Waals surface area contributed by atoms with E-state index < -0.39 is 18.0 Å². The summed E-state index contributed by atoms with van der Waals surface area (Å²) in [7, 11) is 0. The molecule has 4 rings (SSSR count). The molecule has 8 nitrogen and oxygen atoms in total. The van der Waals surface area contributed by atoms with Gasteiger partial charge < -0.3 is 21.3 Å². The van der Waals surface area contributed by atoms with Crippen LogP contribution in [0.1, 0.15) is 36.9 Å². The summed E-state index contributed by atoms with van der Waals surface area (Å²) in [5.74, 6) is -0.816. The number of aromatic nitrogens is 1. The van der Waals surface area contributed by atoms with Crippen molar-refractivity contribution in [3.63, 3.8) is 0 Å². The normalized spacial score (nSPS) is 16.4. The number of pyridine rings is 1. The third kappa shape index (κ3) is 4.54. The summed E-state index contributed by atoms with van der Waals surface area (Å²) in [5, 5.41) is 2.04. The van der Waals surface area contributed by atoms with Gasteiger partial charge in [-0.2, -0.15) is 0 Å². The largest absolute Gasteiger partial charge is 0.383 e. The number of nitrogens with two attached hydrogens (primary N) is 2. The standard InChI is InChI=1S/C25H26ClN5O3/c1-15(32)31(14-16-8-9-18-17(13-16)10-11-29-23(18)27)22(19-5-2-3-6-20(19)26)25(34)30-12-4-7-21(30)24(28)33/h2-3,5-6,8-11,13,21-22H,4,7,12,14H2,1H3,(H2,27,29)(H2,28,33)/t21-,22?/m0/s1. The van der Waals surface area contributed by atoms with Crippen LogP contribution in [0.2, 0.25) is 5.02 Å². The van der Waals surface area contributed by atoms with E-state index in [-0.39, 0.29) is 18.4 Å².